The van der Waals surface area contributed by atoms with Crippen molar-refractivity contribution in [1.82, 2.24) is 4.90 Å². The highest BCUT2D eigenvalue weighted by molar-refractivity contribution is 5.99. The Kier molecular flexibility index (Phi) is 3.79. The van der Waals surface area contributed by atoms with Crippen LogP contribution in [0.4, 0.5) is 0 Å². The predicted molar refractivity (Wildman–Crippen MR) is 77.4 cm³/mol. The summed E-state index contributed by atoms with van der Waals surface area (Å²) in [6.45, 7) is 1.25. The molecular formula is C15H19N3O3. The number of ether oxygens (including phenoxy) is 1. The van der Waals surface area contributed by atoms with E-state index in [0.717, 1.165) is 19.3 Å². The topological polar surface area (TPSA) is 88.2 Å². The highest BCUT2D eigenvalue weighted by atomic mass is 16.5. The van der Waals surface area contributed by atoms with E-state index in [1.807, 2.05) is 4.90 Å². The lowest BCUT2D eigenvalue weighted by molar-refractivity contribution is -0.0445. The summed E-state index contributed by atoms with van der Waals surface area (Å²) in [4.78, 5) is 14.6. The van der Waals surface area contributed by atoms with E-state index in [9.17, 15) is 4.79 Å². The average Bonchev–Trinajstić information content (AvgIpc) is 3.02. The maximum absolute atomic E-state index is 12.7. The van der Waals surface area contributed by atoms with Gasteiger partial charge >= 0.3 is 0 Å². The van der Waals surface area contributed by atoms with Gasteiger partial charge in [-0.05, 0) is 31.4 Å². The number of rotatable bonds is 2. The third kappa shape index (κ3) is 2.58. The monoisotopic (exact) mass is 289 g/mol. The molecule has 6 nitrogen and oxygen atoms in total. The lowest BCUT2D eigenvalue weighted by Crippen LogP contribution is -2.51. The Morgan fingerprint density at radius 3 is 2.71 bits per heavy atom. The number of hydrogen-bond acceptors (Lipinski definition) is 4. The molecule has 0 bridgehead atoms. The van der Waals surface area contributed by atoms with E-state index in [4.69, 9.17) is 15.7 Å². The predicted octanol–water partition coefficient (Wildman–Crippen LogP) is 1.17. The average molecular weight is 289 g/mol. The Morgan fingerprint density at radius 1 is 1.29 bits per heavy atom. The van der Waals surface area contributed by atoms with Gasteiger partial charge in [-0.25, -0.2) is 0 Å². The second-order valence-electron chi connectivity index (χ2n) is 5.47. The minimum atomic E-state index is 0.0289. The van der Waals surface area contributed by atoms with E-state index in [0.29, 0.717) is 24.3 Å². The van der Waals surface area contributed by atoms with Gasteiger partial charge in [0.2, 0.25) is 0 Å². The summed E-state index contributed by atoms with van der Waals surface area (Å²) < 4.78 is 5.73. The summed E-state index contributed by atoms with van der Waals surface area (Å²) in [5, 5.41) is 11.6. The van der Waals surface area contributed by atoms with Crippen molar-refractivity contribution in [2.45, 2.75) is 31.4 Å². The van der Waals surface area contributed by atoms with Crippen molar-refractivity contribution in [3.05, 3.63) is 35.4 Å². The van der Waals surface area contributed by atoms with Crippen LogP contribution in [0.1, 0.15) is 35.2 Å². The molecule has 1 saturated heterocycles. The van der Waals surface area contributed by atoms with Gasteiger partial charge in [-0.1, -0.05) is 17.3 Å². The molecule has 2 aliphatic rings. The van der Waals surface area contributed by atoms with Gasteiger partial charge in [0.1, 0.15) is 0 Å². The third-order valence-corrected chi connectivity index (χ3v) is 4.28. The highest BCUT2D eigenvalue weighted by Gasteiger charge is 2.38. The fourth-order valence-corrected chi connectivity index (χ4v) is 3.18. The first-order valence-electron chi connectivity index (χ1n) is 7.21. The summed E-state index contributed by atoms with van der Waals surface area (Å²) in [5.41, 5.74) is 6.74. The lowest BCUT2D eigenvalue weighted by Gasteiger charge is -2.37. The van der Waals surface area contributed by atoms with Crippen LogP contribution >= 0.6 is 0 Å². The van der Waals surface area contributed by atoms with Crippen LogP contribution in [-0.2, 0) is 4.74 Å². The number of amidine groups is 1. The van der Waals surface area contributed by atoms with Crippen molar-refractivity contribution in [2.24, 2.45) is 10.9 Å². The molecule has 2 atom stereocenters. The number of fused-ring (bicyclic) bond motifs is 1. The first-order chi connectivity index (χ1) is 10.2. The molecule has 1 aromatic rings. The first-order valence-corrected chi connectivity index (χ1v) is 7.21. The van der Waals surface area contributed by atoms with Gasteiger partial charge in [0.25, 0.3) is 5.91 Å². The van der Waals surface area contributed by atoms with Crippen LogP contribution in [0.15, 0.2) is 29.4 Å². The fraction of sp³-hybridized carbons (Fsp3) is 0.467. The van der Waals surface area contributed by atoms with Gasteiger partial charge in [0, 0.05) is 17.7 Å². The van der Waals surface area contributed by atoms with Gasteiger partial charge < -0.3 is 20.6 Å². The Hall–Kier alpha value is -2.08. The molecule has 6 heteroatoms. The number of carbonyl (C=O) groups is 1. The molecule has 2 fully saturated rings. The molecule has 3 rings (SSSR count). The second kappa shape index (κ2) is 5.73. The molecule has 1 aromatic carbocycles. The van der Waals surface area contributed by atoms with Crippen LogP contribution in [-0.4, -0.2) is 47.1 Å². The minimum Gasteiger partial charge on any atom is -0.409 e. The van der Waals surface area contributed by atoms with Crippen LogP contribution < -0.4 is 5.73 Å². The number of hydrogen-bond donors (Lipinski definition) is 2. The number of amides is 1. The Labute approximate surface area is 123 Å². The zero-order valence-corrected chi connectivity index (χ0v) is 11.7. The Bertz CT molecular complexity index is 556. The van der Waals surface area contributed by atoms with Gasteiger partial charge in [-0.2, -0.15) is 0 Å². The summed E-state index contributed by atoms with van der Waals surface area (Å²) in [7, 11) is 0. The van der Waals surface area contributed by atoms with E-state index in [-0.39, 0.29) is 23.9 Å². The van der Waals surface area contributed by atoms with Crippen LogP contribution in [0.2, 0.25) is 0 Å². The molecular weight excluding hydrogens is 270 g/mol. The van der Waals surface area contributed by atoms with E-state index in [2.05, 4.69) is 5.16 Å². The van der Waals surface area contributed by atoms with Gasteiger partial charge in [0.05, 0.1) is 18.8 Å². The fourth-order valence-electron chi connectivity index (χ4n) is 3.18. The van der Waals surface area contributed by atoms with E-state index >= 15 is 0 Å². The molecule has 1 aliphatic carbocycles. The first kappa shape index (κ1) is 13.9. The number of morpholine rings is 1. The van der Waals surface area contributed by atoms with E-state index < -0.39 is 0 Å². The lowest BCUT2D eigenvalue weighted by atomic mass is 10.1. The van der Waals surface area contributed by atoms with Gasteiger partial charge in [-0.3, -0.25) is 4.79 Å². The van der Waals surface area contributed by atoms with Crippen LogP contribution in [0.5, 0.6) is 0 Å². The van der Waals surface area contributed by atoms with Crippen molar-refractivity contribution < 1.29 is 14.7 Å². The summed E-state index contributed by atoms with van der Waals surface area (Å²) >= 11 is 0. The molecule has 1 heterocycles. The van der Waals surface area contributed by atoms with Gasteiger partial charge in [0.15, 0.2) is 5.84 Å². The maximum atomic E-state index is 12.7. The molecule has 0 spiro atoms. The van der Waals surface area contributed by atoms with Gasteiger partial charge in [-0.15, -0.1) is 0 Å². The molecule has 0 radical (unpaired) electrons. The zero-order valence-electron chi connectivity index (χ0n) is 11.7. The number of oxime groups is 1. The Balaban J connectivity index is 1.78. The standard InChI is InChI=1S/C15H19N3O3/c16-14(17-20)10-4-6-11(7-5-10)15(19)18-8-9-21-13-3-1-2-12(13)18/h4-7,12-13,20H,1-3,8-9H2,(H2,16,17). The smallest absolute Gasteiger partial charge is 0.254 e. The van der Waals surface area contributed by atoms with Crippen molar-refractivity contribution in [3.8, 4) is 0 Å². The van der Waals surface area contributed by atoms with Crippen molar-refractivity contribution in [3.63, 3.8) is 0 Å². The number of nitrogens with two attached hydrogens (primary N) is 1. The molecule has 2 unspecified atom stereocenters. The molecule has 1 aliphatic heterocycles. The molecule has 1 saturated carbocycles. The highest BCUT2D eigenvalue weighted by Crippen LogP contribution is 2.30. The number of nitrogens with zero attached hydrogens (tertiary/aromatic N) is 2. The van der Waals surface area contributed by atoms with Crippen molar-refractivity contribution in [2.75, 3.05) is 13.2 Å². The SMILES string of the molecule is NC(=NO)c1ccc(C(=O)N2CCOC3CCCC32)cc1. The number of benzene rings is 1. The van der Waals surface area contributed by atoms with Crippen LogP contribution in [0.3, 0.4) is 0 Å². The Morgan fingerprint density at radius 2 is 2.00 bits per heavy atom. The largest absolute Gasteiger partial charge is 0.409 e. The molecule has 3 N–H and O–H groups in total. The molecule has 21 heavy (non-hydrogen) atoms. The number of carbonyl (C=O) groups excluding carboxylic acids is 1. The zero-order chi connectivity index (χ0) is 14.8. The second-order valence-corrected chi connectivity index (χ2v) is 5.47. The summed E-state index contributed by atoms with van der Waals surface area (Å²) in [6, 6.07) is 7.02. The third-order valence-electron chi connectivity index (χ3n) is 4.28. The normalized spacial score (nSPS) is 25.7. The quantitative estimate of drug-likeness (QED) is 0.370. The summed E-state index contributed by atoms with van der Waals surface area (Å²) in [6.07, 6.45) is 3.36. The van der Waals surface area contributed by atoms with Crippen LogP contribution in [0.25, 0.3) is 0 Å². The van der Waals surface area contributed by atoms with Crippen LogP contribution in [0, 0.1) is 0 Å². The van der Waals surface area contributed by atoms with E-state index in [1.165, 1.54) is 0 Å². The van der Waals surface area contributed by atoms with Crippen molar-refractivity contribution >= 4 is 11.7 Å². The minimum absolute atomic E-state index is 0.0289. The maximum Gasteiger partial charge on any atom is 0.254 e. The molecule has 112 valence electrons. The summed E-state index contributed by atoms with van der Waals surface area (Å²) in [5.74, 6) is 0.0671. The van der Waals surface area contributed by atoms with E-state index in [1.54, 1.807) is 24.3 Å². The van der Waals surface area contributed by atoms with Crippen molar-refractivity contribution in [1.29, 1.82) is 0 Å². The molecule has 0 aromatic heterocycles. The molecule has 1 amide bonds.